The number of hydrogen-bond donors (Lipinski definition) is 2. The van der Waals surface area contributed by atoms with Gasteiger partial charge in [0.1, 0.15) is 6.10 Å². The molecule has 2 aromatic carbocycles. The van der Waals surface area contributed by atoms with Gasteiger partial charge >= 0.3 is 5.97 Å². The summed E-state index contributed by atoms with van der Waals surface area (Å²) in [4.78, 5) is 10.9. The highest BCUT2D eigenvalue weighted by Crippen LogP contribution is 2.35. The lowest BCUT2D eigenvalue weighted by Gasteiger charge is -2.15. The molecule has 3 heteroatoms. The van der Waals surface area contributed by atoms with Crippen molar-refractivity contribution in [3.8, 4) is 11.1 Å². The van der Waals surface area contributed by atoms with Crippen molar-refractivity contribution >= 4 is 5.97 Å². The molecular weight excluding hydrogens is 276 g/mol. The Labute approximate surface area is 129 Å². The van der Waals surface area contributed by atoms with Crippen LogP contribution in [0.3, 0.4) is 0 Å². The Morgan fingerprint density at radius 3 is 2.55 bits per heavy atom. The normalized spacial score (nSPS) is 19.5. The molecule has 1 atom stereocenters. The van der Waals surface area contributed by atoms with Gasteiger partial charge in [-0.25, -0.2) is 4.79 Å². The van der Waals surface area contributed by atoms with E-state index in [0.717, 1.165) is 41.2 Å². The predicted octanol–water partition coefficient (Wildman–Crippen LogP) is 3.73. The number of aliphatic hydroxyl groups excluding tert-OH is 1. The summed E-state index contributed by atoms with van der Waals surface area (Å²) in [7, 11) is 0. The lowest BCUT2D eigenvalue weighted by atomic mass is 9.94. The molecule has 2 N–H and O–H groups in total. The highest BCUT2D eigenvalue weighted by atomic mass is 16.4. The summed E-state index contributed by atoms with van der Waals surface area (Å²) in [5.41, 5.74) is 4.77. The smallest absolute Gasteiger partial charge is 0.328 e. The third-order valence-corrected chi connectivity index (χ3v) is 4.12. The second-order valence-corrected chi connectivity index (χ2v) is 5.59. The van der Waals surface area contributed by atoms with Crippen LogP contribution in [0.2, 0.25) is 0 Å². The number of rotatable bonds is 2. The maximum atomic E-state index is 10.9. The Kier molecular flexibility index (Phi) is 4.07. The van der Waals surface area contributed by atoms with Crippen molar-refractivity contribution in [1.82, 2.24) is 0 Å². The van der Waals surface area contributed by atoms with E-state index in [4.69, 9.17) is 5.11 Å². The summed E-state index contributed by atoms with van der Waals surface area (Å²) in [6.07, 6.45) is 2.64. The van der Waals surface area contributed by atoms with Crippen LogP contribution in [0.4, 0.5) is 0 Å². The molecule has 0 spiro atoms. The molecule has 0 radical (unpaired) electrons. The second-order valence-electron chi connectivity index (χ2n) is 5.59. The molecule has 0 saturated carbocycles. The predicted molar refractivity (Wildman–Crippen MR) is 85.5 cm³/mol. The van der Waals surface area contributed by atoms with E-state index in [1.54, 1.807) is 0 Å². The Morgan fingerprint density at radius 1 is 1.05 bits per heavy atom. The Morgan fingerprint density at radius 2 is 1.82 bits per heavy atom. The zero-order valence-electron chi connectivity index (χ0n) is 12.2. The van der Waals surface area contributed by atoms with Gasteiger partial charge < -0.3 is 10.2 Å². The van der Waals surface area contributed by atoms with E-state index in [2.05, 4.69) is 18.2 Å². The van der Waals surface area contributed by atoms with E-state index in [1.807, 2.05) is 30.3 Å². The first-order valence-corrected chi connectivity index (χ1v) is 7.45. The van der Waals surface area contributed by atoms with Gasteiger partial charge in [-0.2, -0.15) is 0 Å². The summed E-state index contributed by atoms with van der Waals surface area (Å²) in [6, 6.07) is 16.1. The van der Waals surface area contributed by atoms with Crippen LogP contribution < -0.4 is 0 Å². The molecule has 22 heavy (non-hydrogen) atoms. The fourth-order valence-corrected chi connectivity index (χ4v) is 3.03. The zero-order chi connectivity index (χ0) is 15.5. The number of fused-ring (bicyclic) bond motifs is 1. The van der Waals surface area contributed by atoms with Crippen LogP contribution in [0.5, 0.6) is 0 Å². The van der Waals surface area contributed by atoms with Crippen LogP contribution >= 0.6 is 0 Å². The topological polar surface area (TPSA) is 57.5 Å². The fraction of sp³-hybridized carbons (Fsp3) is 0.211. The Balaban J connectivity index is 2.00. The fourth-order valence-electron chi connectivity index (χ4n) is 3.03. The lowest BCUT2D eigenvalue weighted by Crippen LogP contribution is -2.04. The van der Waals surface area contributed by atoms with Crippen LogP contribution in [0.25, 0.3) is 11.1 Å². The zero-order valence-corrected chi connectivity index (χ0v) is 12.2. The summed E-state index contributed by atoms with van der Waals surface area (Å²) >= 11 is 0. The maximum Gasteiger partial charge on any atom is 0.328 e. The first-order chi connectivity index (χ1) is 10.6. The summed E-state index contributed by atoms with van der Waals surface area (Å²) < 4.78 is 0. The van der Waals surface area contributed by atoms with E-state index in [0.29, 0.717) is 12.0 Å². The van der Waals surface area contributed by atoms with Crippen LogP contribution in [0.1, 0.15) is 30.1 Å². The number of benzene rings is 2. The largest absolute Gasteiger partial charge is 0.478 e. The van der Waals surface area contributed by atoms with Gasteiger partial charge in [-0.3, -0.25) is 0 Å². The minimum absolute atomic E-state index is 0.582. The standard InChI is InChI=1S/C19H18O3/c20-18(21)12-16-8-4-7-15-11-14(9-10-17(15)19(16)22)13-5-2-1-3-6-13/h1-3,5-6,9-12,19,22H,4,7-8H2,(H,20,21). The molecule has 1 aliphatic carbocycles. The van der Waals surface area contributed by atoms with Gasteiger partial charge in [-0.15, -0.1) is 0 Å². The average molecular weight is 294 g/mol. The van der Waals surface area contributed by atoms with Crippen LogP contribution in [-0.4, -0.2) is 16.2 Å². The molecule has 0 fully saturated rings. The number of aliphatic hydroxyl groups is 1. The number of hydrogen-bond acceptors (Lipinski definition) is 2. The molecule has 3 rings (SSSR count). The molecule has 1 aliphatic rings. The van der Waals surface area contributed by atoms with Gasteiger partial charge in [-0.1, -0.05) is 48.5 Å². The van der Waals surface area contributed by atoms with Gasteiger partial charge in [0.05, 0.1) is 0 Å². The third kappa shape index (κ3) is 2.95. The maximum absolute atomic E-state index is 10.9. The van der Waals surface area contributed by atoms with Crippen molar-refractivity contribution in [3.05, 3.63) is 71.3 Å². The van der Waals surface area contributed by atoms with Gasteiger partial charge in [0.15, 0.2) is 0 Å². The van der Waals surface area contributed by atoms with Crippen LogP contribution in [-0.2, 0) is 11.2 Å². The molecule has 0 saturated heterocycles. The summed E-state index contributed by atoms with van der Waals surface area (Å²) in [6.45, 7) is 0. The molecule has 2 aromatic rings. The highest BCUT2D eigenvalue weighted by Gasteiger charge is 2.21. The van der Waals surface area contributed by atoms with Crippen molar-refractivity contribution < 1.29 is 15.0 Å². The molecule has 0 bridgehead atoms. The summed E-state index contributed by atoms with van der Waals surface area (Å²) in [5.74, 6) is -1.00. The van der Waals surface area contributed by atoms with Crippen molar-refractivity contribution in [2.24, 2.45) is 0 Å². The number of carboxylic acid groups (broad SMARTS) is 1. The van der Waals surface area contributed by atoms with Crippen molar-refractivity contribution in [3.63, 3.8) is 0 Å². The van der Waals surface area contributed by atoms with Gasteiger partial charge in [0, 0.05) is 6.08 Å². The minimum atomic E-state index is -1.00. The van der Waals surface area contributed by atoms with Crippen LogP contribution in [0, 0.1) is 0 Å². The summed E-state index contributed by atoms with van der Waals surface area (Å²) in [5, 5.41) is 19.4. The molecule has 0 amide bonds. The minimum Gasteiger partial charge on any atom is -0.478 e. The van der Waals surface area contributed by atoms with E-state index >= 15 is 0 Å². The monoisotopic (exact) mass is 294 g/mol. The molecule has 112 valence electrons. The molecule has 1 unspecified atom stereocenters. The van der Waals surface area contributed by atoms with Crippen molar-refractivity contribution in [2.75, 3.05) is 0 Å². The van der Waals surface area contributed by atoms with Gasteiger partial charge in [-0.05, 0) is 47.1 Å². The number of carboxylic acids is 1. The third-order valence-electron chi connectivity index (χ3n) is 4.12. The number of carbonyl (C=O) groups is 1. The molecular formula is C19H18O3. The highest BCUT2D eigenvalue weighted by molar-refractivity contribution is 5.81. The quantitative estimate of drug-likeness (QED) is 0.655. The lowest BCUT2D eigenvalue weighted by molar-refractivity contribution is -0.131. The Bertz CT molecular complexity index is 717. The molecule has 3 nitrogen and oxygen atoms in total. The van der Waals surface area contributed by atoms with E-state index < -0.39 is 12.1 Å². The van der Waals surface area contributed by atoms with Gasteiger partial charge in [0.25, 0.3) is 0 Å². The van der Waals surface area contributed by atoms with E-state index in [-0.39, 0.29) is 0 Å². The second kappa shape index (κ2) is 6.16. The van der Waals surface area contributed by atoms with Gasteiger partial charge in [0.2, 0.25) is 0 Å². The number of aliphatic carboxylic acids is 1. The first kappa shape index (κ1) is 14.5. The SMILES string of the molecule is O=C(O)C=C1CCCc2cc(-c3ccccc3)ccc2C1O. The van der Waals surface area contributed by atoms with Crippen molar-refractivity contribution in [1.29, 1.82) is 0 Å². The average Bonchev–Trinajstić information content (AvgIpc) is 2.67. The van der Waals surface area contributed by atoms with E-state index in [9.17, 15) is 9.90 Å². The van der Waals surface area contributed by atoms with Crippen molar-refractivity contribution in [2.45, 2.75) is 25.4 Å². The molecule has 0 heterocycles. The van der Waals surface area contributed by atoms with E-state index in [1.165, 1.54) is 0 Å². The molecule has 0 aliphatic heterocycles. The first-order valence-electron chi connectivity index (χ1n) is 7.45. The molecule has 0 aromatic heterocycles. The number of aryl methyl sites for hydroxylation is 1. The Hall–Kier alpha value is -2.39. The van der Waals surface area contributed by atoms with Crippen LogP contribution in [0.15, 0.2) is 60.2 Å².